The van der Waals surface area contributed by atoms with Gasteiger partial charge in [0.25, 0.3) is 5.91 Å². The summed E-state index contributed by atoms with van der Waals surface area (Å²) in [5.41, 5.74) is 11.7. The number of carbonyl (C=O) groups is 1. The minimum Gasteiger partial charge on any atom is -0.377 e. The number of aliphatic hydroxyl groups excluding tert-OH is 1. The quantitative estimate of drug-likeness (QED) is 0.298. The Bertz CT molecular complexity index is 1460. The first-order valence-corrected chi connectivity index (χ1v) is 12.5. The molecule has 5 N–H and O–H groups in total. The van der Waals surface area contributed by atoms with Gasteiger partial charge in [-0.2, -0.15) is 0 Å². The summed E-state index contributed by atoms with van der Waals surface area (Å²) in [5.74, 6) is 0.582. The van der Waals surface area contributed by atoms with E-state index in [2.05, 4.69) is 43.5 Å². The minimum absolute atomic E-state index is 0.109. The van der Waals surface area contributed by atoms with Crippen LogP contribution >= 0.6 is 0 Å². The Morgan fingerprint density at radius 1 is 1.08 bits per heavy atom. The fraction of sp³-hybridized carbons (Fsp3) is 0.296. The molecule has 1 saturated heterocycles. The van der Waals surface area contributed by atoms with E-state index in [9.17, 15) is 9.90 Å². The SMILES string of the molecule is CN1CCN(c2ccc(Nc3ccc(-c4ccnc5c4ccn5CC(N)O)c4c3C(=O)NC4)nc2)CC1. The lowest BCUT2D eigenvalue weighted by Crippen LogP contribution is -2.44. The standard InChI is InChI=1S/C27H30N8O2/c1-33-10-12-34(13-11-33)17-2-5-24(30-14-17)32-22-4-3-18(21-15-31-27(37)25(21)22)19-6-8-29-26-20(19)7-9-35(26)16-23(28)36/h2-9,14,23,36H,10-13,15-16,28H2,1H3,(H,30,32)(H,31,37). The number of anilines is 3. The number of fused-ring (bicyclic) bond motifs is 2. The average molecular weight is 499 g/mol. The molecule has 37 heavy (non-hydrogen) atoms. The second kappa shape index (κ2) is 9.47. The molecule has 5 heterocycles. The van der Waals surface area contributed by atoms with E-state index in [0.29, 0.717) is 17.9 Å². The van der Waals surface area contributed by atoms with Crippen LogP contribution in [0.15, 0.2) is 55.0 Å². The number of rotatable bonds is 6. The van der Waals surface area contributed by atoms with Crippen molar-refractivity contribution in [3.8, 4) is 11.1 Å². The van der Waals surface area contributed by atoms with Crippen LogP contribution in [0.1, 0.15) is 15.9 Å². The van der Waals surface area contributed by atoms with E-state index in [0.717, 1.165) is 65.3 Å². The third-order valence-corrected chi connectivity index (χ3v) is 7.18. The first-order chi connectivity index (χ1) is 18.0. The van der Waals surface area contributed by atoms with Gasteiger partial charge >= 0.3 is 0 Å². The molecule has 2 aliphatic heterocycles. The van der Waals surface area contributed by atoms with Crippen molar-refractivity contribution >= 4 is 34.1 Å². The predicted molar refractivity (Wildman–Crippen MR) is 144 cm³/mol. The number of aliphatic hydroxyl groups is 1. The van der Waals surface area contributed by atoms with Crippen LogP contribution in [0.4, 0.5) is 17.2 Å². The lowest BCUT2D eigenvalue weighted by atomic mass is 9.94. The maximum Gasteiger partial charge on any atom is 0.254 e. The number of amides is 1. The molecular weight excluding hydrogens is 468 g/mol. The van der Waals surface area contributed by atoms with Gasteiger partial charge in [0.2, 0.25) is 0 Å². The van der Waals surface area contributed by atoms with Crippen LogP contribution in [0.3, 0.4) is 0 Å². The van der Waals surface area contributed by atoms with Gasteiger partial charge in [0, 0.05) is 50.5 Å². The molecule has 1 amide bonds. The molecule has 0 radical (unpaired) electrons. The summed E-state index contributed by atoms with van der Waals surface area (Å²) in [4.78, 5) is 26.7. The number of hydrogen-bond acceptors (Lipinski definition) is 8. The van der Waals surface area contributed by atoms with Crippen LogP contribution < -0.4 is 21.3 Å². The number of nitrogens with two attached hydrogens (primary N) is 1. The average Bonchev–Trinajstić information content (AvgIpc) is 3.49. The van der Waals surface area contributed by atoms with Gasteiger partial charge < -0.3 is 35.8 Å². The second-order valence-electron chi connectivity index (χ2n) is 9.65. The monoisotopic (exact) mass is 498 g/mol. The van der Waals surface area contributed by atoms with E-state index in [1.807, 2.05) is 47.3 Å². The molecule has 190 valence electrons. The molecule has 0 bridgehead atoms. The Labute approximate surface area is 214 Å². The molecule has 2 aliphatic rings. The molecule has 3 aromatic heterocycles. The molecule has 0 aliphatic carbocycles. The van der Waals surface area contributed by atoms with Crippen molar-refractivity contribution in [1.29, 1.82) is 0 Å². The predicted octanol–water partition coefficient (Wildman–Crippen LogP) is 2.11. The molecule has 10 nitrogen and oxygen atoms in total. The molecule has 10 heteroatoms. The van der Waals surface area contributed by atoms with Gasteiger partial charge in [-0.1, -0.05) is 6.07 Å². The molecule has 4 aromatic rings. The molecular formula is C27H30N8O2. The topological polar surface area (TPSA) is 125 Å². The molecule has 0 spiro atoms. The number of likely N-dealkylation sites (N-methyl/N-ethyl adjacent to an activating group) is 1. The summed E-state index contributed by atoms with van der Waals surface area (Å²) < 4.78 is 1.83. The maximum absolute atomic E-state index is 12.9. The molecule has 1 unspecified atom stereocenters. The smallest absolute Gasteiger partial charge is 0.254 e. The largest absolute Gasteiger partial charge is 0.377 e. The lowest BCUT2D eigenvalue weighted by molar-refractivity contribution is 0.0966. The van der Waals surface area contributed by atoms with E-state index in [1.54, 1.807) is 6.20 Å². The Kier molecular flexibility index (Phi) is 5.99. The maximum atomic E-state index is 12.9. The van der Waals surface area contributed by atoms with Crippen molar-refractivity contribution in [3.63, 3.8) is 0 Å². The van der Waals surface area contributed by atoms with Gasteiger partial charge in [0.05, 0.1) is 29.7 Å². The van der Waals surface area contributed by atoms with Crippen molar-refractivity contribution in [2.75, 3.05) is 43.4 Å². The van der Waals surface area contributed by atoms with Crippen molar-refractivity contribution in [1.82, 2.24) is 24.8 Å². The van der Waals surface area contributed by atoms with E-state index in [1.165, 1.54) is 0 Å². The zero-order valence-electron chi connectivity index (χ0n) is 20.7. The summed E-state index contributed by atoms with van der Waals surface area (Å²) in [6.45, 7) is 4.74. The number of aromatic nitrogens is 3. The van der Waals surface area contributed by atoms with Crippen LogP contribution in [0.2, 0.25) is 0 Å². The van der Waals surface area contributed by atoms with Crippen molar-refractivity contribution in [2.24, 2.45) is 5.73 Å². The van der Waals surface area contributed by atoms with Gasteiger partial charge in [-0.25, -0.2) is 9.97 Å². The third-order valence-electron chi connectivity index (χ3n) is 7.18. The molecule has 0 saturated carbocycles. The van der Waals surface area contributed by atoms with Crippen LogP contribution in [0, 0.1) is 0 Å². The fourth-order valence-electron chi connectivity index (χ4n) is 5.23. The van der Waals surface area contributed by atoms with Gasteiger partial charge in [0.15, 0.2) is 0 Å². The number of pyridine rings is 2. The highest BCUT2D eigenvalue weighted by Gasteiger charge is 2.27. The molecule has 6 rings (SSSR count). The zero-order valence-corrected chi connectivity index (χ0v) is 20.7. The second-order valence-corrected chi connectivity index (χ2v) is 9.65. The highest BCUT2D eigenvalue weighted by molar-refractivity contribution is 6.07. The number of piperazine rings is 1. The first-order valence-electron chi connectivity index (χ1n) is 12.5. The lowest BCUT2D eigenvalue weighted by Gasteiger charge is -2.33. The Morgan fingerprint density at radius 3 is 2.68 bits per heavy atom. The van der Waals surface area contributed by atoms with Crippen LogP contribution in [-0.2, 0) is 13.1 Å². The first kappa shape index (κ1) is 23.4. The summed E-state index contributed by atoms with van der Waals surface area (Å²) in [5, 5.41) is 16.9. The van der Waals surface area contributed by atoms with Crippen molar-refractivity contribution in [2.45, 2.75) is 19.3 Å². The molecule has 1 atom stereocenters. The number of hydrogen-bond donors (Lipinski definition) is 4. The number of nitrogens with zero attached hydrogens (tertiary/aromatic N) is 5. The highest BCUT2D eigenvalue weighted by Crippen LogP contribution is 2.37. The third kappa shape index (κ3) is 4.39. The Morgan fingerprint density at radius 2 is 1.92 bits per heavy atom. The zero-order chi connectivity index (χ0) is 25.5. The summed E-state index contributed by atoms with van der Waals surface area (Å²) in [7, 11) is 2.14. The van der Waals surface area contributed by atoms with Crippen LogP contribution in [0.5, 0.6) is 0 Å². The van der Waals surface area contributed by atoms with Crippen molar-refractivity contribution in [3.05, 3.63) is 66.1 Å². The van der Waals surface area contributed by atoms with E-state index in [4.69, 9.17) is 5.73 Å². The van der Waals surface area contributed by atoms with Gasteiger partial charge in [-0.05, 0) is 54.1 Å². The molecule has 1 aromatic carbocycles. The highest BCUT2D eigenvalue weighted by atomic mass is 16.3. The van der Waals surface area contributed by atoms with E-state index in [-0.39, 0.29) is 12.5 Å². The minimum atomic E-state index is -0.971. The van der Waals surface area contributed by atoms with Crippen LogP contribution in [0.25, 0.3) is 22.2 Å². The van der Waals surface area contributed by atoms with Gasteiger partial charge in [-0.15, -0.1) is 0 Å². The summed E-state index contributed by atoms with van der Waals surface area (Å²) >= 11 is 0. The summed E-state index contributed by atoms with van der Waals surface area (Å²) in [6, 6.07) is 11.9. The number of carbonyl (C=O) groups excluding carboxylic acids is 1. The molecule has 1 fully saturated rings. The Hall–Kier alpha value is -3.99. The number of nitrogens with one attached hydrogen (secondary N) is 2. The fourth-order valence-corrected chi connectivity index (χ4v) is 5.23. The number of benzene rings is 1. The van der Waals surface area contributed by atoms with Gasteiger partial charge in [-0.3, -0.25) is 4.79 Å². The van der Waals surface area contributed by atoms with E-state index >= 15 is 0 Å². The van der Waals surface area contributed by atoms with Crippen LogP contribution in [-0.4, -0.2) is 69.9 Å². The Balaban J connectivity index is 1.31. The van der Waals surface area contributed by atoms with E-state index < -0.39 is 6.23 Å². The normalized spacial score (nSPS) is 16.6. The van der Waals surface area contributed by atoms with Gasteiger partial charge in [0.1, 0.15) is 17.7 Å². The van der Waals surface area contributed by atoms with Crippen molar-refractivity contribution < 1.29 is 9.90 Å². The summed E-state index contributed by atoms with van der Waals surface area (Å²) in [6.07, 6.45) is 4.53.